The number of carbonyl (C=O) groups excluding carboxylic acids is 1. The number of benzene rings is 1. The molecule has 0 bridgehead atoms. The van der Waals surface area contributed by atoms with Crippen LogP contribution in [0.2, 0.25) is 0 Å². The van der Waals surface area contributed by atoms with E-state index in [9.17, 15) is 14.7 Å². The summed E-state index contributed by atoms with van der Waals surface area (Å²) in [5.41, 5.74) is -0.216. The molecule has 1 saturated heterocycles. The average Bonchev–Trinajstić information content (AvgIpc) is 2.26. The minimum Gasteiger partial charge on any atom is -0.478 e. The van der Waals surface area contributed by atoms with Gasteiger partial charge in [-0.2, -0.15) is 0 Å². The van der Waals surface area contributed by atoms with Crippen LogP contribution < -0.4 is 0 Å². The zero-order chi connectivity index (χ0) is 13.3. The second-order valence-corrected chi connectivity index (χ2v) is 4.78. The number of hydrogen-bond donors (Lipinski definition) is 2. The van der Waals surface area contributed by atoms with Crippen molar-refractivity contribution < 1.29 is 24.5 Å². The summed E-state index contributed by atoms with van der Waals surface area (Å²) in [6.07, 6.45) is -0.230. The van der Waals surface area contributed by atoms with Crippen molar-refractivity contribution in [3.63, 3.8) is 0 Å². The van der Waals surface area contributed by atoms with Crippen LogP contribution >= 0.6 is 0 Å². The van der Waals surface area contributed by atoms with Gasteiger partial charge >= 0.3 is 11.9 Å². The number of carbonyl (C=O) groups is 2. The monoisotopic (exact) mass is 250 g/mol. The topological polar surface area (TPSA) is 83.8 Å². The van der Waals surface area contributed by atoms with Crippen LogP contribution in [-0.4, -0.2) is 27.8 Å². The number of aliphatic hydroxyl groups is 1. The predicted molar refractivity (Wildman–Crippen MR) is 62.1 cm³/mol. The molecule has 1 heterocycles. The Kier molecular flexibility index (Phi) is 3.09. The number of rotatable bonds is 2. The molecule has 2 atom stereocenters. The van der Waals surface area contributed by atoms with Gasteiger partial charge in [0.15, 0.2) is 0 Å². The van der Waals surface area contributed by atoms with E-state index in [1.807, 2.05) is 0 Å². The van der Waals surface area contributed by atoms with Crippen molar-refractivity contribution in [2.24, 2.45) is 0 Å². The normalized spacial score (nSPS) is 27.7. The third kappa shape index (κ3) is 2.68. The summed E-state index contributed by atoms with van der Waals surface area (Å²) in [6.45, 7) is 1.59. The molecule has 0 spiro atoms. The number of aromatic carboxylic acids is 1. The molecule has 1 aromatic carbocycles. The van der Waals surface area contributed by atoms with Crippen LogP contribution in [0.4, 0.5) is 0 Å². The molecule has 0 radical (unpaired) electrons. The van der Waals surface area contributed by atoms with E-state index in [0.29, 0.717) is 12.0 Å². The van der Waals surface area contributed by atoms with Crippen molar-refractivity contribution in [1.82, 2.24) is 0 Å². The highest BCUT2D eigenvalue weighted by Crippen LogP contribution is 2.34. The molecule has 2 N–H and O–H groups in total. The summed E-state index contributed by atoms with van der Waals surface area (Å²) in [7, 11) is 0. The van der Waals surface area contributed by atoms with Gasteiger partial charge in [-0.3, -0.25) is 4.79 Å². The zero-order valence-corrected chi connectivity index (χ0v) is 9.92. The van der Waals surface area contributed by atoms with E-state index in [-0.39, 0.29) is 12.0 Å². The highest BCUT2D eigenvalue weighted by Gasteiger charge is 2.36. The van der Waals surface area contributed by atoms with Gasteiger partial charge in [0.25, 0.3) is 0 Å². The molecule has 1 aliphatic heterocycles. The minimum atomic E-state index is -1.08. The summed E-state index contributed by atoms with van der Waals surface area (Å²) < 4.78 is 5.16. The molecular formula is C13H14O5. The van der Waals surface area contributed by atoms with Gasteiger partial charge in [0, 0.05) is 6.42 Å². The highest BCUT2D eigenvalue weighted by molar-refractivity contribution is 5.87. The summed E-state index contributed by atoms with van der Waals surface area (Å²) in [6, 6.07) is 6.11. The van der Waals surface area contributed by atoms with Crippen molar-refractivity contribution in [3.8, 4) is 0 Å². The lowest BCUT2D eigenvalue weighted by Crippen LogP contribution is -2.37. The quantitative estimate of drug-likeness (QED) is 0.777. The van der Waals surface area contributed by atoms with E-state index in [2.05, 4.69) is 0 Å². The Morgan fingerprint density at radius 2 is 2.00 bits per heavy atom. The first-order valence-corrected chi connectivity index (χ1v) is 5.62. The standard InChI is InChI=1S/C13H14O5/c1-13(17)6-10(18-11(14)7-13)8-2-4-9(5-3-8)12(15)16/h2-5,10,17H,6-7H2,1H3,(H,15,16). The van der Waals surface area contributed by atoms with E-state index in [0.717, 1.165) is 0 Å². The number of ether oxygens (including phenoxy) is 1. The third-order valence-electron chi connectivity index (χ3n) is 2.95. The molecule has 5 nitrogen and oxygen atoms in total. The fourth-order valence-corrected chi connectivity index (χ4v) is 2.05. The van der Waals surface area contributed by atoms with Crippen molar-refractivity contribution in [2.75, 3.05) is 0 Å². The van der Waals surface area contributed by atoms with Crippen molar-refractivity contribution in [3.05, 3.63) is 35.4 Å². The maximum Gasteiger partial charge on any atom is 0.335 e. The first-order chi connectivity index (χ1) is 8.37. The number of cyclic esters (lactones) is 1. The molecule has 1 fully saturated rings. The second-order valence-electron chi connectivity index (χ2n) is 4.78. The van der Waals surface area contributed by atoms with Crippen LogP contribution in [0, 0.1) is 0 Å². The van der Waals surface area contributed by atoms with Gasteiger partial charge in [-0.05, 0) is 24.6 Å². The van der Waals surface area contributed by atoms with Crippen LogP contribution in [0.25, 0.3) is 0 Å². The maximum absolute atomic E-state index is 11.4. The Balaban J connectivity index is 2.20. The van der Waals surface area contributed by atoms with E-state index in [1.54, 1.807) is 19.1 Å². The Hall–Kier alpha value is -1.88. The third-order valence-corrected chi connectivity index (χ3v) is 2.95. The maximum atomic E-state index is 11.4. The van der Waals surface area contributed by atoms with E-state index < -0.39 is 23.6 Å². The number of esters is 1. The summed E-state index contributed by atoms with van der Waals surface area (Å²) >= 11 is 0. The average molecular weight is 250 g/mol. The minimum absolute atomic E-state index is 0.0172. The summed E-state index contributed by atoms with van der Waals surface area (Å²) in [5, 5.41) is 18.7. The van der Waals surface area contributed by atoms with Gasteiger partial charge in [0.1, 0.15) is 6.10 Å². The molecule has 0 amide bonds. The fourth-order valence-electron chi connectivity index (χ4n) is 2.05. The lowest BCUT2D eigenvalue weighted by molar-refractivity contribution is -0.168. The molecule has 1 aromatic rings. The largest absolute Gasteiger partial charge is 0.478 e. The van der Waals surface area contributed by atoms with Crippen molar-refractivity contribution in [2.45, 2.75) is 31.5 Å². The van der Waals surface area contributed by atoms with Gasteiger partial charge in [-0.25, -0.2) is 4.79 Å². The van der Waals surface area contributed by atoms with E-state index in [1.165, 1.54) is 12.1 Å². The molecule has 0 aromatic heterocycles. The molecule has 2 rings (SSSR count). The number of carboxylic acid groups (broad SMARTS) is 1. The highest BCUT2D eigenvalue weighted by atomic mass is 16.5. The van der Waals surface area contributed by atoms with Crippen molar-refractivity contribution >= 4 is 11.9 Å². The van der Waals surface area contributed by atoms with Gasteiger partial charge in [-0.15, -0.1) is 0 Å². The van der Waals surface area contributed by atoms with Gasteiger partial charge in [0.05, 0.1) is 17.6 Å². The summed E-state index contributed by atoms with van der Waals surface area (Å²) in [5.74, 6) is -1.45. The van der Waals surface area contributed by atoms with Gasteiger partial charge < -0.3 is 14.9 Å². The Bertz CT molecular complexity index is 475. The number of carboxylic acids is 1. The Labute approximate surface area is 104 Å². The number of hydrogen-bond acceptors (Lipinski definition) is 4. The van der Waals surface area contributed by atoms with Crippen LogP contribution in [-0.2, 0) is 9.53 Å². The van der Waals surface area contributed by atoms with Gasteiger partial charge in [-0.1, -0.05) is 12.1 Å². The SMILES string of the molecule is CC1(O)CC(=O)OC(c2ccc(C(=O)O)cc2)C1. The Morgan fingerprint density at radius 3 is 2.50 bits per heavy atom. The van der Waals surface area contributed by atoms with Crippen LogP contribution in [0.15, 0.2) is 24.3 Å². The first-order valence-electron chi connectivity index (χ1n) is 5.62. The van der Waals surface area contributed by atoms with Crippen LogP contribution in [0.3, 0.4) is 0 Å². The lowest BCUT2D eigenvalue weighted by atomic mass is 9.89. The van der Waals surface area contributed by atoms with Gasteiger partial charge in [0.2, 0.25) is 0 Å². The predicted octanol–water partition coefficient (Wildman–Crippen LogP) is 1.51. The molecular weight excluding hydrogens is 236 g/mol. The molecule has 18 heavy (non-hydrogen) atoms. The van der Waals surface area contributed by atoms with E-state index in [4.69, 9.17) is 9.84 Å². The molecule has 5 heteroatoms. The molecule has 0 saturated carbocycles. The lowest BCUT2D eigenvalue weighted by Gasteiger charge is -2.33. The summed E-state index contributed by atoms with van der Waals surface area (Å²) in [4.78, 5) is 22.1. The van der Waals surface area contributed by atoms with E-state index >= 15 is 0 Å². The molecule has 2 unspecified atom stereocenters. The second kappa shape index (κ2) is 4.42. The Morgan fingerprint density at radius 1 is 1.39 bits per heavy atom. The van der Waals surface area contributed by atoms with Crippen molar-refractivity contribution in [1.29, 1.82) is 0 Å². The van der Waals surface area contributed by atoms with Crippen LogP contribution in [0.1, 0.15) is 41.8 Å². The zero-order valence-electron chi connectivity index (χ0n) is 9.92. The van der Waals surface area contributed by atoms with Crippen LogP contribution in [0.5, 0.6) is 0 Å². The molecule has 1 aliphatic rings. The molecule has 96 valence electrons. The molecule has 0 aliphatic carbocycles. The first kappa shape index (κ1) is 12.6. The smallest absolute Gasteiger partial charge is 0.335 e. The fraction of sp³-hybridized carbons (Fsp3) is 0.385.